The zero-order chi connectivity index (χ0) is 11.1. The predicted octanol–water partition coefficient (Wildman–Crippen LogP) is 2.87. The third-order valence-corrected chi connectivity index (χ3v) is 5.78. The zero-order valence-corrected chi connectivity index (χ0v) is 10.9. The molecule has 82 valence electrons. The maximum Gasteiger partial charge on any atom is 0.157 e. The smallest absolute Gasteiger partial charge is 0.157 e. The SMILES string of the molecule is CS(=O)(=O)C1(c2cccc(Br)c2)CCC1. The molecule has 0 spiro atoms. The second-order valence-electron chi connectivity index (χ2n) is 4.13. The van der Waals surface area contributed by atoms with Crippen LogP contribution in [0, 0.1) is 0 Å². The molecule has 0 atom stereocenters. The number of benzene rings is 1. The van der Waals surface area contributed by atoms with Crippen LogP contribution in [-0.2, 0) is 14.6 Å². The highest BCUT2D eigenvalue weighted by atomic mass is 79.9. The predicted molar refractivity (Wildman–Crippen MR) is 64.5 cm³/mol. The lowest BCUT2D eigenvalue weighted by atomic mass is 9.79. The molecule has 1 aliphatic rings. The highest BCUT2D eigenvalue weighted by Crippen LogP contribution is 2.48. The lowest BCUT2D eigenvalue weighted by molar-refractivity contribution is 0.346. The first-order valence-corrected chi connectivity index (χ1v) is 7.60. The molecule has 1 saturated carbocycles. The van der Waals surface area contributed by atoms with Gasteiger partial charge in [0.25, 0.3) is 0 Å². The van der Waals surface area contributed by atoms with E-state index in [1.807, 2.05) is 24.3 Å². The fraction of sp³-hybridized carbons (Fsp3) is 0.455. The van der Waals surface area contributed by atoms with Crippen LogP contribution < -0.4 is 0 Å². The number of hydrogen-bond acceptors (Lipinski definition) is 2. The van der Waals surface area contributed by atoms with Crippen molar-refractivity contribution in [3.05, 3.63) is 34.3 Å². The molecule has 0 saturated heterocycles. The Labute approximate surface area is 98.7 Å². The van der Waals surface area contributed by atoms with Crippen molar-refractivity contribution in [3.8, 4) is 0 Å². The largest absolute Gasteiger partial charge is 0.228 e. The van der Waals surface area contributed by atoms with E-state index < -0.39 is 14.6 Å². The summed E-state index contributed by atoms with van der Waals surface area (Å²) in [6.45, 7) is 0. The third kappa shape index (κ3) is 1.74. The van der Waals surface area contributed by atoms with Gasteiger partial charge >= 0.3 is 0 Å². The Balaban J connectivity index is 2.53. The maximum absolute atomic E-state index is 11.8. The van der Waals surface area contributed by atoms with Gasteiger partial charge in [0.1, 0.15) is 0 Å². The van der Waals surface area contributed by atoms with Gasteiger partial charge in [-0.15, -0.1) is 0 Å². The van der Waals surface area contributed by atoms with Crippen molar-refractivity contribution in [2.45, 2.75) is 24.0 Å². The molecule has 0 heterocycles. The molecule has 2 nitrogen and oxygen atoms in total. The molecule has 15 heavy (non-hydrogen) atoms. The van der Waals surface area contributed by atoms with Crippen LogP contribution in [-0.4, -0.2) is 14.7 Å². The van der Waals surface area contributed by atoms with Crippen LogP contribution in [0.5, 0.6) is 0 Å². The van der Waals surface area contributed by atoms with Gasteiger partial charge in [-0.1, -0.05) is 28.1 Å². The molecule has 0 aliphatic heterocycles. The van der Waals surface area contributed by atoms with Gasteiger partial charge in [-0.3, -0.25) is 0 Å². The molecular formula is C11H13BrO2S. The summed E-state index contributed by atoms with van der Waals surface area (Å²) < 4.78 is 24.0. The molecule has 0 amide bonds. The van der Waals surface area contributed by atoms with Gasteiger partial charge < -0.3 is 0 Å². The molecule has 0 N–H and O–H groups in total. The lowest BCUT2D eigenvalue weighted by Crippen LogP contribution is -2.41. The average Bonchev–Trinajstić information content (AvgIpc) is 1.98. The first kappa shape index (κ1) is 11.1. The van der Waals surface area contributed by atoms with E-state index in [1.54, 1.807) is 0 Å². The summed E-state index contributed by atoms with van der Waals surface area (Å²) in [5, 5.41) is 0. The second-order valence-corrected chi connectivity index (χ2v) is 7.37. The quantitative estimate of drug-likeness (QED) is 0.839. The van der Waals surface area contributed by atoms with Crippen molar-refractivity contribution >= 4 is 25.8 Å². The van der Waals surface area contributed by atoms with E-state index in [2.05, 4.69) is 15.9 Å². The Morgan fingerprint density at radius 3 is 2.40 bits per heavy atom. The minimum atomic E-state index is -3.02. The number of sulfone groups is 1. The Morgan fingerprint density at radius 2 is 2.00 bits per heavy atom. The Kier molecular flexibility index (Phi) is 2.67. The van der Waals surface area contributed by atoms with Gasteiger partial charge in [0.05, 0.1) is 4.75 Å². The molecule has 2 rings (SSSR count). The van der Waals surface area contributed by atoms with E-state index in [1.165, 1.54) is 6.26 Å². The molecule has 1 aliphatic carbocycles. The Bertz CT molecular complexity index is 475. The molecule has 0 unspecified atom stereocenters. The topological polar surface area (TPSA) is 34.1 Å². The molecule has 0 aromatic heterocycles. The van der Waals surface area contributed by atoms with Crippen molar-refractivity contribution in [1.82, 2.24) is 0 Å². The summed E-state index contributed by atoms with van der Waals surface area (Å²) in [5.74, 6) is 0. The number of halogens is 1. The van der Waals surface area contributed by atoms with Crippen molar-refractivity contribution in [3.63, 3.8) is 0 Å². The van der Waals surface area contributed by atoms with Gasteiger partial charge in [-0.25, -0.2) is 8.42 Å². The highest BCUT2D eigenvalue weighted by molar-refractivity contribution is 9.10. The summed E-state index contributed by atoms with van der Waals surface area (Å²) in [7, 11) is -3.02. The summed E-state index contributed by atoms with van der Waals surface area (Å²) in [6, 6.07) is 7.63. The van der Waals surface area contributed by atoms with Gasteiger partial charge in [-0.05, 0) is 37.0 Å². The van der Waals surface area contributed by atoms with Crippen molar-refractivity contribution in [1.29, 1.82) is 0 Å². The normalized spacial score (nSPS) is 19.6. The van der Waals surface area contributed by atoms with Crippen LogP contribution in [0.4, 0.5) is 0 Å². The first-order chi connectivity index (χ1) is 6.96. The fourth-order valence-electron chi connectivity index (χ4n) is 2.14. The highest BCUT2D eigenvalue weighted by Gasteiger charge is 2.47. The fourth-order valence-corrected chi connectivity index (χ4v) is 4.13. The summed E-state index contributed by atoms with van der Waals surface area (Å²) in [6.07, 6.45) is 3.84. The van der Waals surface area contributed by atoms with Gasteiger partial charge in [0.2, 0.25) is 0 Å². The van der Waals surface area contributed by atoms with Crippen LogP contribution in [0.2, 0.25) is 0 Å². The Morgan fingerprint density at radius 1 is 1.33 bits per heavy atom. The van der Waals surface area contributed by atoms with Crippen LogP contribution in [0.3, 0.4) is 0 Å². The second kappa shape index (κ2) is 3.59. The number of rotatable bonds is 2. The van der Waals surface area contributed by atoms with E-state index in [9.17, 15) is 8.42 Å². The Hall–Kier alpha value is -0.350. The van der Waals surface area contributed by atoms with E-state index in [0.29, 0.717) is 0 Å². The molecule has 0 radical (unpaired) electrons. The van der Waals surface area contributed by atoms with E-state index >= 15 is 0 Å². The van der Waals surface area contributed by atoms with Crippen molar-refractivity contribution < 1.29 is 8.42 Å². The van der Waals surface area contributed by atoms with Gasteiger partial charge in [0, 0.05) is 10.7 Å². The monoisotopic (exact) mass is 288 g/mol. The minimum Gasteiger partial charge on any atom is -0.228 e. The molecule has 1 aromatic rings. The summed E-state index contributed by atoms with van der Waals surface area (Å²) in [4.78, 5) is 0. The molecule has 4 heteroatoms. The van der Waals surface area contributed by atoms with Crippen LogP contribution in [0.1, 0.15) is 24.8 Å². The summed E-state index contributed by atoms with van der Waals surface area (Å²) >= 11 is 3.38. The van der Waals surface area contributed by atoms with Gasteiger partial charge in [-0.2, -0.15) is 0 Å². The zero-order valence-electron chi connectivity index (χ0n) is 8.53. The molecule has 1 aromatic carbocycles. The van der Waals surface area contributed by atoms with Crippen LogP contribution >= 0.6 is 15.9 Å². The molecule has 1 fully saturated rings. The van der Waals surface area contributed by atoms with Gasteiger partial charge in [0.15, 0.2) is 9.84 Å². The lowest BCUT2D eigenvalue weighted by Gasteiger charge is -2.40. The van der Waals surface area contributed by atoms with Crippen LogP contribution in [0.15, 0.2) is 28.7 Å². The van der Waals surface area contributed by atoms with E-state index in [0.717, 1.165) is 29.3 Å². The molecular weight excluding hydrogens is 276 g/mol. The maximum atomic E-state index is 11.8. The first-order valence-electron chi connectivity index (χ1n) is 4.91. The van der Waals surface area contributed by atoms with Crippen molar-refractivity contribution in [2.24, 2.45) is 0 Å². The molecule has 0 bridgehead atoms. The standard InChI is InChI=1S/C11H13BrO2S/c1-15(13,14)11(6-3-7-11)9-4-2-5-10(12)8-9/h2,4-5,8H,3,6-7H2,1H3. The van der Waals surface area contributed by atoms with E-state index in [-0.39, 0.29) is 0 Å². The average molecular weight is 289 g/mol. The van der Waals surface area contributed by atoms with Crippen molar-refractivity contribution in [2.75, 3.05) is 6.26 Å². The summed E-state index contributed by atoms with van der Waals surface area (Å²) in [5.41, 5.74) is 0.922. The van der Waals surface area contributed by atoms with E-state index in [4.69, 9.17) is 0 Å². The third-order valence-electron chi connectivity index (χ3n) is 3.22. The minimum absolute atomic E-state index is 0.614. The number of hydrogen-bond donors (Lipinski definition) is 0. The van der Waals surface area contributed by atoms with Crippen LogP contribution in [0.25, 0.3) is 0 Å².